The number of carboxylic acid groups (broad SMARTS) is 1. The molecular formula is C26H26ClFN2O3S. The van der Waals surface area contributed by atoms with E-state index in [0.29, 0.717) is 48.1 Å². The van der Waals surface area contributed by atoms with Crippen molar-refractivity contribution in [2.45, 2.75) is 25.4 Å². The Morgan fingerprint density at radius 3 is 3.03 bits per heavy atom. The molecule has 1 aromatic carbocycles. The number of carboxylic acids is 1. The van der Waals surface area contributed by atoms with E-state index < -0.39 is 18.1 Å². The molecule has 3 heterocycles. The van der Waals surface area contributed by atoms with Gasteiger partial charge < -0.3 is 9.84 Å². The van der Waals surface area contributed by atoms with Crippen molar-refractivity contribution in [3.63, 3.8) is 0 Å². The molecule has 1 saturated heterocycles. The number of carbonyl (C=O) groups is 1. The number of rotatable bonds is 7. The second-order valence-electron chi connectivity index (χ2n) is 8.49. The number of fused-ring (bicyclic) bond motifs is 1. The van der Waals surface area contributed by atoms with Gasteiger partial charge in [-0.3, -0.25) is 14.7 Å². The van der Waals surface area contributed by atoms with Crippen LogP contribution in [-0.4, -0.2) is 47.7 Å². The predicted octanol–water partition coefficient (Wildman–Crippen LogP) is 5.82. The summed E-state index contributed by atoms with van der Waals surface area (Å²) in [6.07, 6.45) is 1.50. The summed E-state index contributed by atoms with van der Waals surface area (Å²) in [5, 5.41) is 14.7. The third-order valence-corrected chi connectivity index (χ3v) is 7.37. The van der Waals surface area contributed by atoms with Gasteiger partial charge in [-0.15, -0.1) is 0 Å². The van der Waals surface area contributed by atoms with Crippen molar-refractivity contribution in [1.82, 2.24) is 9.88 Å². The van der Waals surface area contributed by atoms with E-state index in [1.165, 1.54) is 6.20 Å². The second-order valence-corrected chi connectivity index (χ2v) is 9.68. The van der Waals surface area contributed by atoms with E-state index in [4.69, 9.17) is 16.3 Å². The van der Waals surface area contributed by atoms with Crippen molar-refractivity contribution in [3.05, 3.63) is 57.4 Å². The van der Waals surface area contributed by atoms with Crippen LogP contribution in [0.15, 0.2) is 41.2 Å². The number of halogens is 2. The maximum absolute atomic E-state index is 15.5. The summed E-state index contributed by atoms with van der Waals surface area (Å²) in [5.41, 5.74) is 2.00. The van der Waals surface area contributed by atoms with Crippen LogP contribution < -0.4 is 4.74 Å². The van der Waals surface area contributed by atoms with E-state index in [-0.39, 0.29) is 17.4 Å². The van der Waals surface area contributed by atoms with Crippen LogP contribution in [0.2, 0.25) is 5.02 Å². The lowest BCUT2D eigenvalue weighted by atomic mass is 9.81. The summed E-state index contributed by atoms with van der Waals surface area (Å²) in [6.45, 7) is 1.70. The first-order valence-corrected chi connectivity index (χ1v) is 12.5. The summed E-state index contributed by atoms with van der Waals surface area (Å²) >= 11 is 7.94. The summed E-state index contributed by atoms with van der Waals surface area (Å²) in [7, 11) is 1.55. The van der Waals surface area contributed by atoms with Crippen LogP contribution in [0.3, 0.4) is 0 Å². The second kappa shape index (κ2) is 11.2. The Balaban J connectivity index is 1.42. The molecule has 0 bridgehead atoms. The van der Waals surface area contributed by atoms with Crippen molar-refractivity contribution in [2.75, 3.05) is 26.7 Å². The molecule has 1 aliphatic heterocycles. The lowest BCUT2D eigenvalue weighted by Crippen LogP contribution is -2.44. The largest absolute Gasteiger partial charge is 0.497 e. The molecule has 0 saturated carbocycles. The maximum atomic E-state index is 15.5. The smallest absolute Gasteiger partial charge is 0.308 e. The molecule has 1 fully saturated rings. The number of piperidine rings is 1. The maximum Gasteiger partial charge on any atom is 0.308 e. The van der Waals surface area contributed by atoms with Crippen LogP contribution in [0.4, 0.5) is 4.39 Å². The molecule has 1 N–H and O–H groups in total. The van der Waals surface area contributed by atoms with Gasteiger partial charge in [0.2, 0.25) is 0 Å². The van der Waals surface area contributed by atoms with Gasteiger partial charge in [0.1, 0.15) is 11.9 Å². The molecule has 0 amide bonds. The average molecular weight is 501 g/mol. The first-order valence-electron chi connectivity index (χ1n) is 11.2. The van der Waals surface area contributed by atoms with Crippen molar-refractivity contribution >= 4 is 39.8 Å². The number of nitrogens with zero attached hydrogens (tertiary/aromatic N) is 2. The van der Waals surface area contributed by atoms with Gasteiger partial charge in [-0.1, -0.05) is 23.4 Å². The van der Waals surface area contributed by atoms with Gasteiger partial charge in [0.25, 0.3) is 0 Å². The van der Waals surface area contributed by atoms with E-state index in [9.17, 15) is 9.90 Å². The van der Waals surface area contributed by atoms with Crippen LogP contribution in [-0.2, 0) is 4.79 Å². The number of hydrogen-bond donors (Lipinski definition) is 1. The fourth-order valence-corrected chi connectivity index (χ4v) is 5.40. The molecule has 2 aromatic heterocycles. The minimum atomic E-state index is -1.32. The molecule has 0 aliphatic carbocycles. The van der Waals surface area contributed by atoms with Crippen LogP contribution in [0.1, 0.15) is 36.6 Å². The molecule has 178 valence electrons. The Labute approximate surface area is 207 Å². The Bertz CT molecular complexity index is 1210. The molecule has 34 heavy (non-hydrogen) atoms. The molecule has 8 heteroatoms. The lowest BCUT2D eigenvalue weighted by molar-refractivity contribution is -0.146. The van der Waals surface area contributed by atoms with Gasteiger partial charge in [0.15, 0.2) is 0 Å². The molecule has 1 aliphatic rings. The molecule has 3 aromatic rings. The van der Waals surface area contributed by atoms with Crippen LogP contribution in [0, 0.1) is 23.7 Å². The van der Waals surface area contributed by atoms with Gasteiger partial charge in [0, 0.05) is 34.6 Å². The average Bonchev–Trinajstić information content (AvgIpc) is 3.36. The van der Waals surface area contributed by atoms with Crippen molar-refractivity contribution in [3.8, 4) is 17.6 Å². The standard InChI is InChI=1S/C26H26ClFN2O3S/c1-33-19-5-7-24-20(13-19)25(22(27)14-29-24)23(28)6-4-18-8-11-30(15-21(18)26(31)32)10-2-3-17-9-12-34-16-17/h5,7,9,12-14,16,18,21,23H,4,6,8,10-11,15H2,1H3,(H,31,32)/t18?,21?,23-/m1/s1. The highest BCUT2D eigenvalue weighted by Gasteiger charge is 2.34. The quantitative estimate of drug-likeness (QED) is 0.414. The molecule has 4 rings (SSSR count). The number of likely N-dealkylation sites (tertiary alicyclic amines) is 1. The summed E-state index contributed by atoms with van der Waals surface area (Å²) in [6, 6.07) is 7.26. The zero-order valence-electron chi connectivity index (χ0n) is 18.8. The van der Waals surface area contributed by atoms with Gasteiger partial charge >= 0.3 is 5.97 Å². The third-order valence-electron chi connectivity index (χ3n) is 6.39. The molecule has 3 atom stereocenters. The van der Waals surface area contributed by atoms with Crippen LogP contribution >= 0.6 is 22.9 Å². The van der Waals surface area contributed by atoms with Gasteiger partial charge in [-0.2, -0.15) is 11.3 Å². The number of aromatic nitrogens is 1. The highest BCUT2D eigenvalue weighted by Crippen LogP contribution is 2.38. The first-order chi connectivity index (χ1) is 16.5. The minimum Gasteiger partial charge on any atom is -0.497 e. The number of methoxy groups -OCH3 is 1. The van der Waals surface area contributed by atoms with E-state index >= 15 is 4.39 Å². The summed E-state index contributed by atoms with van der Waals surface area (Å²) in [5.74, 6) is 5.36. The van der Waals surface area contributed by atoms with Crippen molar-refractivity contribution in [2.24, 2.45) is 11.8 Å². The van der Waals surface area contributed by atoms with E-state index in [0.717, 1.165) is 12.1 Å². The molecule has 0 spiro atoms. The fraction of sp³-hybridized carbons (Fsp3) is 0.385. The first kappa shape index (κ1) is 24.5. The number of pyridine rings is 1. The molecular weight excluding hydrogens is 475 g/mol. The SMILES string of the molecule is COc1ccc2ncc(Cl)c([C@H](F)CCC3CCN(CC#Cc4ccsc4)CC3C(=O)O)c2c1. The Morgan fingerprint density at radius 1 is 1.44 bits per heavy atom. The van der Waals surface area contributed by atoms with E-state index in [1.807, 2.05) is 16.8 Å². The fourth-order valence-electron chi connectivity index (χ4n) is 4.54. The molecule has 5 nitrogen and oxygen atoms in total. The Hall–Kier alpha value is -2.66. The number of alkyl halides is 1. The van der Waals surface area contributed by atoms with Gasteiger partial charge in [-0.25, -0.2) is 4.39 Å². The van der Waals surface area contributed by atoms with Gasteiger partial charge in [0.05, 0.1) is 30.1 Å². The zero-order chi connectivity index (χ0) is 24.1. The van der Waals surface area contributed by atoms with Crippen LogP contribution in [0.5, 0.6) is 5.75 Å². The van der Waals surface area contributed by atoms with Crippen molar-refractivity contribution < 1.29 is 19.0 Å². The predicted molar refractivity (Wildman–Crippen MR) is 133 cm³/mol. The Kier molecular flexibility index (Phi) is 8.04. The number of ether oxygens (including phenoxy) is 1. The van der Waals surface area contributed by atoms with Crippen LogP contribution in [0.25, 0.3) is 10.9 Å². The number of hydrogen-bond acceptors (Lipinski definition) is 5. The molecule has 2 unspecified atom stereocenters. The Morgan fingerprint density at radius 2 is 2.29 bits per heavy atom. The lowest BCUT2D eigenvalue weighted by Gasteiger charge is -2.36. The van der Waals surface area contributed by atoms with E-state index in [2.05, 4.69) is 21.7 Å². The number of aliphatic carboxylic acids is 1. The van der Waals surface area contributed by atoms with E-state index in [1.54, 1.807) is 36.6 Å². The highest BCUT2D eigenvalue weighted by atomic mass is 35.5. The highest BCUT2D eigenvalue weighted by molar-refractivity contribution is 7.08. The summed E-state index contributed by atoms with van der Waals surface area (Å²) < 4.78 is 20.8. The minimum absolute atomic E-state index is 0.0988. The monoisotopic (exact) mass is 500 g/mol. The molecule has 0 radical (unpaired) electrons. The number of thiophene rings is 1. The normalized spacial score (nSPS) is 19.4. The van der Waals surface area contributed by atoms with Crippen molar-refractivity contribution in [1.29, 1.82) is 0 Å². The zero-order valence-corrected chi connectivity index (χ0v) is 20.4. The summed E-state index contributed by atoms with van der Waals surface area (Å²) in [4.78, 5) is 18.3. The topological polar surface area (TPSA) is 62.7 Å². The van der Waals surface area contributed by atoms with Gasteiger partial charge in [-0.05, 0) is 61.4 Å². The third kappa shape index (κ3) is 5.69. The number of benzene rings is 1.